The first-order chi connectivity index (χ1) is 2.89. The Labute approximate surface area is 37.1 Å². The lowest BCUT2D eigenvalue weighted by Crippen LogP contribution is -1.74. The molecule has 0 bridgehead atoms. The average molecular weight is 101 g/mol. The van der Waals surface area contributed by atoms with Crippen molar-refractivity contribution in [3.05, 3.63) is 11.8 Å². The number of anilines is 1. The molecule has 1 rings (SSSR count). The maximum atomic E-state index is 5.14. The highest BCUT2D eigenvalue weighted by atomic mass is 31.0. The van der Waals surface area contributed by atoms with Gasteiger partial charge in [0, 0.05) is 5.80 Å². The lowest BCUT2D eigenvalue weighted by atomic mass is 10.9. The van der Waals surface area contributed by atoms with Crippen molar-refractivity contribution in [3.8, 4) is 0 Å². The quantitative estimate of drug-likeness (QED) is 0.537. The summed E-state index contributed by atoms with van der Waals surface area (Å²) < 4.78 is 4.65. The highest BCUT2D eigenvalue weighted by Crippen LogP contribution is 2.10. The van der Waals surface area contributed by atoms with Crippen LogP contribution in [-0.2, 0) is 0 Å². The third-order valence-electron chi connectivity index (χ3n) is 0.451. The average Bonchev–Trinajstić information content (AvgIpc) is 1.86. The van der Waals surface area contributed by atoms with Crippen molar-refractivity contribution in [2.24, 2.45) is 0 Å². The summed E-state index contributed by atoms with van der Waals surface area (Å²) in [5, 5.41) is 0. The molecule has 0 saturated heterocycles. The van der Waals surface area contributed by atoms with E-state index >= 15 is 0 Å². The SMILES string of the molecule is Nc1cpco1. The molecule has 32 valence electrons. The van der Waals surface area contributed by atoms with Crippen LogP contribution in [0.25, 0.3) is 0 Å². The minimum Gasteiger partial charge on any atom is -0.444 e. The van der Waals surface area contributed by atoms with E-state index in [2.05, 4.69) is 4.42 Å². The van der Waals surface area contributed by atoms with Gasteiger partial charge in [-0.2, -0.15) is 0 Å². The molecule has 0 radical (unpaired) electrons. The molecular formula is C3H4NOP. The molecule has 6 heavy (non-hydrogen) atoms. The number of rotatable bonds is 0. The molecule has 0 aliphatic rings. The standard InChI is InChI=1S/C3H4NOP/c4-3-1-6-2-5-3/h1-2H,4H2. The zero-order valence-electron chi connectivity index (χ0n) is 3.09. The van der Waals surface area contributed by atoms with E-state index in [0.717, 1.165) is 8.19 Å². The van der Waals surface area contributed by atoms with E-state index in [1.165, 1.54) is 0 Å². The van der Waals surface area contributed by atoms with Crippen LogP contribution in [-0.4, -0.2) is 0 Å². The van der Waals surface area contributed by atoms with Crippen LogP contribution >= 0.6 is 8.19 Å². The van der Waals surface area contributed by atoms with Crippen LogP contribution in [0.5, 0.6) is 0 Å². The lowest BCUT2D eigenvalue weighted by molar-refractivity contribution is 0.594. The van der Waals surface area contributed by atoms with Gasteiger partial charge in [-0.15, -0.1) is 0 Å². The van der Waals surface area contributed by atoms with Gasteiger partial charge < -0.3 is 10.2 Å². The van der Waals surface area contributed by atoms with Crippen molar-refractivity contribution in [1.82, 2.24) is 0 Å². The Balaban J connectivity index is 3.05. The molecule has 0 atom stereocenters. The van der Waals surface area contributed by atoms with Crippen LogP contribution in [0, 0.1) is 0 Å². The van der Waals surface area contributed by atoms with Gasteiger partial charge in [0.2, 0.25) is 0 Å². The molecule has 3 heteroatoms. The Hall–Kier alpha value is -0.490. The molecule has 1 aromatic heterocycles. The fraction of sp³-hybridized carbons (Fsp3) is 0. The minimum absolute atomic E-state index is 0.511. The fourth-order valence-corrected chi connectivity index (χ4v) is 0.677. The largest absolute Gasteiger partial charge is 0.444 e. The molecule has 0 aliphatic heterocycles. The van der Waals surface area contributed by atoms with Crippen molar-refractivity contribution >= 4 is 14.1 Å². The Bertz CT molecular complexity index is 114. The van der Waals surface area contributed by atoms with E-state index in [4.69, 9.17) is 5.73 Å². The van der Waals surface area contributed by atoms with E-state index < -0.39 is 0 Å². The van der Waals surface area contributed by atoms with Gasteiger partial charge in [0.1, 0.15) is 5.99 Å². The smallest absolute Gasteiger partial charge is 0.195 e. The van der Waals surface area contributed by atoms with Crippen molar-refractivity contribution < 1.29 is 4.42 Å². The second-order valence-electron chi connectivity index (χ2n) is 0.904. The first-order valence-corrected chi connectivity index (χ1v) is 2.57. The molecule has 0 saturated carbocycles. The van der Waals surface area contributed by atoms with Gasteiger partial charge in [-0.05, 0) is 8.19 Å². The van der Waals surface area contributed by atoms with Gasteiger partial charge in [-0.3, -0.25) is 0 Å². The van der Waals surface area contributed by atoms with Crippen LogP contribution in [0.3, 0.4) is 0 Å². The van der Waals surface area contributed by atoms with Crippen LogP contribution in [0.2, 0.25) is 0 Å². The van der Waals surface area contributed by atoms with Gasteiger partial charge in [-0.25, -0.2) is 0 Å². The summed E-state index contributed by atoms with van der Waals surface area (Å²) in [6.07, 6.45) is 0. The van der Waals surface area contributed by atoms with E-state index in [0.29, 0.717) is 5.88 Å². The molecule has 0 amide bonds. The third kappa shape index (κ3) is 0.522. The summed E-state index contributed by atoms with van der Waals surface area (Å²) in [5.74, 6) is 3.94. The second-order valence-corrected chi connectivity index (χ2v) is 1.67. The second kappa shape index (κ2) is 1.31. The fourth-order valence-electron chi connectivity index (χ4n) is 0.226. The summed E-state index contributed by atoms with van der Waals surface area (Å²) in [5.41, 5.74) is 5.14. The maximum Gasteiger partial charge on any atom is 0.195 e. The number of nitrogens with two attached hydrogens (primary N) is 1. The Kier molecular flexibility index (Phi) is 0.807. The Morgan fingerprint density at radius 1 is 1.83 bits per heavy atom. The van der Waals surface area contributed by atoms with Crippen molar-refractivity contribution in [2.45, 2.75) is 0 Å². The summed E-state index contributed by atoms with van der Waals surface area (Å²) in [4.78, 5) is 0. The number of nitrogen functional groups attached to an aromatic ring is 1. The normalized spacial score (nSPS) is 10.0. The van der Waals surface area contributed by atoms with Crippen molar-refractivity contribution in [3.63, 3.8) is 0 Å². The predicted octanol–water partition coefficient (Wildman–Crippen LogP) is 1.44. The molecule has 1 heterocycles. The van der Waals surface area contributed by atoms with Gasteiger partial charge >= 0.3 is 0 Å². The Morgan fingerprint density at radius 3 is 2.83 bits per heavy atom. The van der Waals surface area contributed by atoms with E-state index in [9.17, 15) is 0 Å². The van der Waals surface area contributed by atoms with Crippen LogP contribution in [0.1, 0.15) is 0 Å². The van der Waals surface area contributed by atoms with E-state index in [1.54, 1.807) is 11.8 Å². The lowest BCUT2D eigenvalue weighted by Gasteiger charge is -1.70. The zero-order valence-corrected chi connectivity index (χ0v) is 3.98. The number of hydrogen-bond acceptors (Lipinski definition) is 2. The van der Waals surface area contributed by atoms with Crippen molar-refractivity contribution in [2.75, 3.05) is 5.73 Å². The van der Waals surface area contributed by atoms with E-state index in [1.807, 2.05) is 0 Å². The van der Waals surface area contributed by atoms with Gasteiger partial charge in [0.05, 0.1) is 0 Å². The Morgan fingerprint density at radius 2 is 2.67 bits per heavy atom. The van der Waals surface area contributed by atoms with E-state index in [-0.39, 0.29) is 0 Å². The molecule has 0 aromatic carbocycles. The first kappa shape index (κ1) is 3.69. The van der Waals surface area contributed by atoms with Crippen LogP contribution < -0.4 is 5.73 Å². The summed E-state index contributed by atoms with van der Waals surface area (Å²) in [6, 6.07) is 0. The molecule has 0 aliphatic carbocycles. The predicted molar refractivity (Wildman–Crippen MR) is 25.6 cm³/mol. The van der Waals surface area contributed by atoms with Crippen LogP contribution in [0.15, 0.2) is 16.2 Å². The molecule has 0 fully saturated rings. The molecule has 2 N–H and O–H groups in total. The third-order valence-corrected chi connectivity index (χ3v) is 1.08. The molecule has 0 unspecified atom stereocenters. The van der Waals surface area contributed by atoms with Crippen molar-refractivity contribution in [1.29, 1.82) is 0 Å². The highest BCUT2D eigenvalue weighted by molar-refractivity contribution is 7.28. The maximum absolute atomic E-state index is 5.14. The summed E-state index contributed by atoms with van der Waals surface area (Å²) in [7, 11) is 1.05. The molecule has 0 spiro atoms. The summed E-state index contributed by atoms with van der Waals surface area (Å²) >= 11 is 0. The molecule has 1 aromatic rings. The van der Waals surface area contributed by atoms with Gasteiger partial charge in [0.25, 0.3) is 0 Å². The minimum atomic E-state index is 0.511. The van der Waals surface area contributed by atoms with Crippen LogP contribution in [0.4, 0.5) is 5.88 Å². The molecular weight excluding hydrogens is 97.0 g/mol. The zero-order chi connectivity index (χ0) is 4.41. The van der Waals surface area contributed by atoms with Gasteiger partial charge in [0.15, 0.2) is 5.88 Å². The summed E-state index contributed by atoms with van der Waals surface area (Å²) in [6.45, 7) is 0. The van der Waals surface area contributed by atoms with Gasteiger partial charge in [-0.1, -0.05) is 0 Å². The first-order valence-electron chi connectivity index (χ1n) is 1.53. The molecule has 2 nitrogen and oxygen atoms in total. The topological polar surface area (TPSA) is 39.2 Å². The monoisotopic (exact) mass is 101 g/mol. The number of hydrogen-bond donors (Lipinski definition) is 1. The highest BCUT2D eigenvalue weighted by Gasteiger charge is 1.77.